The molecule has 3 N–H and O–H groups in total. The molecule has 0 saturated carbocycles. The zero-order valence-corrected chi connectivity index (χ0v) is 25.6. The van der Waals surface area contributed by atoms with Crippen LogP contribution in [0.15, 0.2) is 47.4 Å². The Hall–Kier alpha value is -3.16. The molecule has 2 aromatic carbocycles. The fourth-order valence-electron chi connectivity index (χ4n) is 5.55. The van der Waals surface area contributed by atoms with Crippen molar-refractivity contribution in [2.75, 3.05) is 13.6 Å². The number of ether oxygens (including phenoxy) is 1. The summed E-state index contributed by atoms with van der Waals surface area (Å²) in [4.78, 5) is 24.6. The summed E-state index contributed by atoms with van der Waals surface area (Å²) in [7, 11) is -3.11. The molecule has 43 heavy (non-hydrogen) atoms. The summed E-state index contributed by atoms with van der Waals surface area (Å²) in [6.45, 7) is 6.72. The Morgan fingerprint density at radius 1 is 1.09 bits per heavy atom. The largest absolute Gasteiger partial charge is 0.445 e. The number of sulfonamides is 1. The van der Waals surface area contributed by atoms with E-state index >= 15 is 0 Å². The monoisotopic (exact) mass is 624 g/mol. The van der Waals surface area contributed by atoms with Crippen molar-refractivity contribution in [1.29, 1.82) is 0 Å². The van der Waals surface area contributed by atoms with E-state index in [0.29, 0.717) is 12.6 Å². The first-order valence-corrected chi connectivity index (χ1v) is 15.7. The lowest BCUT2D eigenvalue weighted by Crippen LogP contribution is -2.40. The van der Waals surface area contributed by atoms with Crippen LogP contribution in [0.1, 0.15) is 74.8 Å². The third-order valence-electron chi connectivity index (χ3n) is 7.67. The first-order chi connectivity index (χ1) is 20.1. The van der Waals surface area contributed by atoms with Gasteiger partial charge in [0.15, 0.2) is 0 Å². The number of carbonyl (C=O) groups is 2. The van der Waals surface area contributed by atoms with Crippen LogP contribution in [-0.2, 0) is 38.7 Å². The predicted molar refractivity (Wildman–Crippen MR) is 155 cm³/mol. The second-order valence-corrected chi connectivity index (χ2v) is 14.0. The highest BCUT2D eigenvalue weighted by atomic mass is 32.2. The van der Waals surface area contributed by atoms with E-state index in [1.54, 1.807) is 0 Å². The number of aryl methyl sites for hydroxylation is 1. The van der Waals surface area contributed by atoms with Crippen molar-refractivity contribution < 1.29 is 35.9 Å². The number of benzene rings is 2. The van der Waals surface area contributed by atoms with Gasteiger partial charge in [-0.3, -0.25) is 4.79 Å². The number of nitrogens with one attached hydrogen (secondary N) is 3. The highest BCUT2D eigenvalue weighted by Gasteiger charge is 2.43. The van der Waals surface area contributed by atoms with Gasteiger partial charge in [0.1, 0.15) is 6.10 Å². The topological polar surface area (TPSA) is 117 Å². The van der Waals surface area contributed by atoms with Crippen molar-refractivity contribution in [2.24, 2.45) is 0 Å². The van der Waals surface area contributed by atoms with Crippen molar-refractivity contribution in [1.82, 2.24) is 20.3 Å². The number of hydrogen-bond donors (Lipinski definition) is 3. The van der Waals surface area contributed by atoms with Gasteiger partial charge < -0.3 is 20.7 Å². The molecule has 1 fully saturated rings. The summed E-state index contributed by atoms with van der Waals surface area (Å²) < 4.78 is 73.4. The van der Waals surface area contributed by atoms with E-state index in [1.165, 1.54) is 7.05 Å². The highest BCUT2D eigenvalue weighted by molar-refractivity contribution is 7.89. The highest BCUT2D eigenvalue weighted by Crippen LogP contribution is 2.35. The molecule has 3 atom stereocenters. The average Bonchev–Trinajstić information content (AvgIpc) is 3.33. The summed E-state index contributed by atoms with van der Waals surface area (Å²) in [5, 5.41) is 8.81. The Kier molecular flexibility index (Phi) is 9.77. The van der Waals surface area contributed by atoms with Gasteiger partial charge in [-0.15, -0.1) is 0 Å². The average molecular weight is 625 g/mol. The summed E-state index contributed by atoms with van der Waals surface area (Å²) >= 11 is 0. The maximum Gasteiger partial charge on any atom is 0.416 e. The molecule has 1 heterocycles. The number of carbonyl (C=O) groups excluding carboxylic acids is 2. The van der Waals surface area contributed by atoms with Crippen LogP contribution < -0.4 is 16.0 Å². The number of alkyl carbamates (subject to hydrolysis) is 1. The van der Waals surface area contributed by atoms with Gasteiger partial charge in [0.25, 0.3) is 0 Å². The van der Waals surface area contributed by atoms with Crippen molar-refractivity contribution in [3.63, 3.8) is 0 Å². The normalized spacial score (nSPS) is 21.2. The van der Waals surface area contributed by atoms with E-state index in [4.69, 9.17) is 4.74 Å². The van der Waals surface area contributed by atoms with Gasteiger partial charge in [-0.05, 0) is 74.9 Å². The molecule has 0 radical (unpaired) electrons. The summed E-state index contributed by atoms with van der Waals surface area (Å²) in [5.74, 6) is -0.397. The number of amides is 2. The number of rotatable bonds is 8. The molecule has 0 aromatic heterocycles. The molecule has 2 aliphatic rings. The molecule has 0 spiro atoms. The standard InChI is InChI=1S/C30H39F3N4O5S/c1-29(2,3)35-17-19-11-12-25-20(13-19)7-5-10-26(25)36-27(38)16-22-15-23(42-28(39)34-4)18-37(22)43(40,41)24-9-6-8-21(14-24)30(31,32)33/h6,8-9,11-14,22-23,26,35H,5,7,10,15-18H2,1-4H3,(H,34,39)(H,36,38)/t22-,23+,26+/m0/s1. The Balaban J connectivity index is 1.52. The van der Waals surface area contributed by atoms with Crippen LogP contribution in [-0.4, -0.2) is 56.0 Å². The van der Waals surface area contributed by atoms with E-state index in [-0.39, 0.29) is 31.0 Å². The predicted octanol–water partition coefficient (Wildman–Crippen LogP) is 4.67. The zero-order valence-electron chi connectivity index (χ0n) is 24.8. The molecule has 0 bridgehead atoms. The maximum atomic E-state index is 13.6. The first-order valence-electron chi connectivity index (χ1n) is 14.3. The zero-order chi connectivity index (χ0) is 31.6. The smallest absolute Gasteiger partial charge is 0.416 e. The van der Waals surface area contributed by atoms with E-state index in [9.17, 15) is 31.2 Å². The lowest BCUT2D eigenvalue weighted by Gasteiger charge is -2.29. The van der Waals surface area contributed by atoms with Crippen LogP contribution in [0.2, 0.25) is 0 Å². The van der Waals surface area contributed by atoms with Crippen molar-refractivity contribution in [2.45, 2.75) is 94.2 Å². The molecule has 1 aliphatic heterocycles. The Morgan fingerprint density at radius 3 is 2.51 bits per heavy atom. The van der Waals surface area contributed by atoms with Gasteiger partial charge >= 0.3 is 12.3 Å². The van der Waals surface area contributed by atoms with Crippen LogP contribution in [0.25, 0.3) is 0 Å². The van der Waals surface area contributed by atoms with Crippen LogP contribution in [0, 0.1) is 0 Å². The third-order valence-corrected chi connectivity index (χ3v) is 9.59. The SMILES string of the molecule is CNC(=O)O[C@@H]1C[C@@H](CC(=O)N[C@@H]2CCCc3cc(CNC(C)(C)C)ccc32)N(S(=O)(=O)c2cccc(C(F)(F)F)c2)C1. The molecule has 1 aliphatic carbocycles. The van der Waals surface area contributed by atoms with Crippen molar-refractivity contribution >= 4 is 22.0 Å². The fourth-order valence-corrected chi connectivity index (χ4v) is 7.26. The molecule has 236 valence electrons. The minimum atomic E-state index is -4.74. The van der Waals surface area contributed by atoms with Crippen LogP contribution in [0.5, 0.6) is 0 Å². The number of halogens is 3. The third kappa shape index (κ3) is 8.27. The summed E-state index contributed by atoms with van der Waals surface area (Å²) in [6.07, 6.45) is -4.14. The minimum Gasteiger partial charge on any atom is -0.445 e. The van der Waals surface area contributed by atoms with Crippen LogP contribution in [0.3, 0.4) is 0 Å². The van der Waals surface area contributed by atoms with Crippen molar-refractivity contribution in [3.05, 3.63) is 64.7 Å². The van der Waals surface area contributed by atoms with E-state index < -0.39 is 50.8 Å². The number of nitrogens with zero attached hydrogens (tertiary/aromatic N) is 1. The molecular weight excluding hydrogens is 585 g/mol. The number of hydrogen-bond acceptors (Lipinski definition) is 6. The van der Waals surface area contributed by atoms with Gasteiger partial charge in [0.2, 0.25) is 15.9 Å². The quantitative estimate of drug-likeness (QED) is 0.393. The Labute approximate surface area is 250 Å². The molecule has 1 saturated heterocycles. The minimum absolute atomic E-state index is 0.0183. The second-order valence-electron chi connectivity index (χ2n) is 12.1. The Morgan fingerprint density at radius 2 is 1.84 bits per heavy atom. The van der Waals surface area contributed by atoms with Gasteiger partial charge in [-0.25, -0.2) is 13.2 Å². The molecule has 0 unspecified atom stereocenters. The van der Waals surface area contributed by atoms with E-state index in [0.717, 1.165) is 58.5 Å². The van der Waals surface area contributed by atoms with Gasteiger partial charge in [0, 0.05) is 38.0 Å². The number of fused-ring (bicyclic) bond motifs is 1. The summed E-state index contributed by atoms with van der Waals surface area (Å²) in [5.41, 5.74) is 2.18. The van der Waals surface area contributed by atoms with E-state index in [1.807, 2.05) is 12.1 Å². The van der Waals surface area contributed by atoms with E-state index in [2.05, 4.69) is 42.8 Å². The lowest BCUT2D eigenvalue weighted by molar-refractivity contribution is -0.137. The molecule has 2 amide bonds. The van der Waals surface area contributed by atoms with Crippen LogP contribution in [0.4, 0.5) is 18.0 Å². The molecule has 4 rings (SSSR count). The second kappa shape index (κ2) is 12.8. The van der Waals surface area contributed by atoms with Gasteiger partial charge in [-0.1, -0.05) is 24.3 Å². The molecule has 2 aromatic rings. The van der Waals surface area contributed by atoms with Crippen molar-refractivity contribution in [3.8, 4) is 0 Å². The molecule has 13 heteroatoms. The molecule has 9 nitrogen and oxygen atoms in total. The van der Waals surface area contributed by atoms with Gasteiger partial charge in [-0.2, -0.15) is 17.5 Å². The first kappa shape index (κ1) is 32.7. The lowest BCUT2D eigenvalue weighted by atomic mass is 9.86. The van der Waals surface area contributed by atoms with Crippen LogP contribution >= 0.6 is 0 Å². The number of alkyl halides is 3. The fraction of sp³-hybridized carbons (Fsp3) is 0.533. The maximum absolute atomic E-state index is 13.6. The Bertz CT molecular complexity index is 1440. The van der Waals surface area contributed by atoms with Gasteiger partial charge in [0.05, 0.1) is 23.0 Å². The molecular formula is C30H39F3N4O5S. The summed E-state index contributed by atoms with van der Waals surface area (Å²) in [6, 6.07) is 8.48.